The van der Waals surface area contributed by atoms with Crippen molar-refractivity contribution in [2.75, 3.05) is 23.9 Å². The number of carbonyl (C=O) groups is 3. The molecule has 1 aromatic heterocycles. The molecule has 9 nitrogen and oxygen atoms in total. The number of anilines is 2. The molecule has 2 aliphatic rings. The number of para-hydroxylation sites is 1. The first kappa shape index (κ1) is 20.4. The number of fused-ring (bicyclic) bond motifs is 3. The molecule has 0 bridgehead atoms. The van der Waals surface area contributed by atoms with Crippen molar-refractivity contribution < 1.29 is 19.1 Å². The number of nitrogens with zero attached hydrogens (tertiary/aromatic N) is 4. The minimum atomic E-state index is -1.43. The molecule has 0 aliphatic carbocycles. The van der Waals surface area contributed by atoms with Gasteiger partial charge in [0.05, 0.1) is 11.3 Å². The van der Waals surface area contributed by atoms with E-state index in [0.29, 0.717) is 27.9 Å². The second kappa shape index (κ2) is 7.77. The van der Waals surface area contributed by atoms with Gasteiger partial charge in [-0.15, -0.1) is 10.2 Å². The molecule has 2 aromatic rings. The van der Waals surface area contributed by atoms with E-state index in [1.807, 2.05) is 13.8 Å². The van der Waals surface area contributed by atoms with E-state index in [1.54, 1.807) is 31.4 Å². The largest absolute Gasteiger partial charge is 0.377 e. The Morgan fingerprint density at radius 1 is 1.30 bits per heavy atom. The Morgan fingerprint density at radius 3 is 2.80 bits per heavy atom. The van der Waals surface area contributed by atoms with Crippen molar-refractivity contribution in [3.63, 3.8) is 0 Å². The average molecular weight is 430 g/mol. The van der Waals surface area contributed by atoms with Crippen LogP contribution < -0.4 is 10.2 Å². The fourth-order valence-electron chi connectivity index (χ4n) is 4.08. The van der Waals surface area contributed by atoms with E-state index in [9.17, 15) is 14.4 Å². The lowest BCUT2D eigenvalue weighted by Gasteiger charge is -2.49. The molecule has 30 heavy (non-hydrogen) atoms. The van der Waals surface area contributed by atoms with Crippen LogP contribution in [0.1, 0.15) is 42.1 Å². The van der Waals surface area contributed by atoms with Crippen molar-refractivity contribution in [3.05, 3.63) is 34.8 Å². The maximum absolute atomic E-state index is 13.6. The third-order valence-electron chi connectivity index (χ3n) is 5.24. The van der Waals surface area contributed by atoms with Gasteiger partial charge in [0.1, 0.15) is 11.6 Å². The van der Waals surface area contributed by atoms with Crippen LogP contribution in [0, 0.1) is 5.92 Å². The summed E-state index contributed by atoms with van der Waals surface area (Å²) in [6.45, 7) is 4.58. The van der Waals surface area contributed by atoms with Crippen LogP contribution in [-0.2, 0) is 20.9 Å². The lowest BCUT2D eigenvalue weighted by molar-refractivity contribution is -0.129. The first-order valence-corrected chi connectivity index (χ1v) is 10.6. The molecule has 3 amide bonds. The third-order valence-corrected chi connectivity index (χ3v) is 6.05. The molecule has 1 N–H and O–H groups in total. The second-order valence-electron chi connectivity index (χ2n) is 7.76. The van der Waals surface area contributed by atoms with Gasteiger partial charge in [0, 0.05) is 26.5 Å². The van der Waals surface area contributed by atoms with Crippen molar-refractivity contribution in [3.8, 4) is 0 Å². The molecule has 4 rings (SSSR count). The van der Waals surface area contributed by atoms with E-state index in [1.165, 1.54) is 21.1 Å². The zero-order valence-electron chi connectivity index (χ0n) is 17.0. The molecule has 3 heterocycles. The quantitative estimate of drug-likeness (QED) is 0.755. The number of rotatable bonds is 6. The summed E-state index contributed by atoms with van der Waals surface area (Å²) in [7, 11) is 1.55. The summed E-state index contributed by atoms with van der Waals surface area (Å²) < 4.78 is 5.05. The zero-order chi connectivity index (χ0) is 21.5. The molecule has 2 aliphatic heterocycles. The maximum Gasteiger partial charge on any atom is 0.273 e. The van der Waals surface area contributed by atoms with Crippen LogP contribution in [0.3, 0.4) is 0 Å². The van der Waals surface area contributed by atoms with Crippen molar-refractivity contribution in [2.24, 2.45) is 5.92 Å². The topological polar surface area (TPSA) is 105 Å². The van der Waals surface area contributed by atoms with Crippen LogP contribution in [0.25, 0.3) is 0 Å². The Bertz CT molecular complexity index is 1010. The molecule has 10 heteroatoms. The van der Waals surface area contributed by atoms with Gasteiger partial charge in [-0.25, -0.2) is 0 Å². The van der Waals surface area contributed by atoms with Crippen LogP contribution in [-0.4, -0.2) is 52.1 Å². The number of amides is 3. The zero-order valence-corrected chi connectivity index (χ0v) is 17.9. The first-order chi connectivity index (χ1) is 14.4. The van der Waals surface area contributed by atoms with Crippen LogP contribution in [0.2, 0.25) is 0 Å². The lowest BCUT2D eigenvalue weighted by Crippen LogP contribution is -2.69. The van der Waals surface area contributed by atoms with Gasteiger partial charge in [0.15, 0.2) is 0 Å². The molecule has 1 aromatic carbocycles. The number of carbonyl (C=O) groups excluding carboxylic acids is 3. The second-order valence-corrected chi connectivity index (χ2v) is 8.82. The van der Waals surface area contributed by atoms with Gasteiger partial charge in [-0.1, -0.05) is 37.3 Å². The Labute approximate surface area is 178 Å². The van der Waals surface area contributed by atoms with E-state index in [-0.39, 0.29) is 37.2 Å². The normalized spacial score (nSPS) is 20.5. The molecular weight excluding hydrogens is 406 g/mol. The third kappa shape index (κ3) is 3.16. The summed E-state index contributed by atoms with van der Waals surface area (Å²) in [6.07, 6.45) is 0.392. The van der Waals surface area contributed by atoms with Crippen molar-refractivity contribution >= 4 is 39.9 Å². The molecule has 0 saturated carbocycles. The number of benzene rings is 1. The molecular formula is C20H23N5O4S. The van der Waals surface area contributed by atoms with Crippen LogP contribution in [0.4, 0.5) is 10.8 Å². The highest BCUT2D eigenvalue weighted by Gasteiger charge is 2.60. The predicted molar refractivity (Wildman–Crippen MR) is 111 cm³/mol. The van der Waals surface area contributed by atoms with Gasteiger partial charge in [-0.3, -0.25) is 24.6 Å². The Hall–Kier alpha value is -2.85. The lowest BCUT2D eigenvalue weighted by atomic mass is 9.94. The first-order valence-electron chi connectivity index (χ1n) is 9.75. The number of hydrogen-bond acceptors (Lipinski definition) is 7. The van der Waals surface area contributed by atoms with Crippen LogP contribution in [0.15, 0.2) is 24.3 Å². The van der Waals surface area contributed by atoms with E-state index in [0.717, 1.165) is 0 Å². The number of nitrogens with one attached hydrogen (secondary N) is 1. The smallest absolute Gasteiger partial charge is 0.273 e. The van der Waals surface area contributed by atoms with Crippen molar-refractivity contribution in [1.82, 2.24) is 15.1 Å². The number of ether oxygens (including phenoxy) is 1. The monoisotopic (exact) mass is 429 g/mol. The minimum Gasteiger partial charge on any atom is -0.377 e. The summed E-state index contributed by atoms with van der Waals surface area (Å²) in [6, 6.07) is 6.93. The van der Waals surface area contributed by atoms with E-state index < -0.39 is 11.6 Å². The summed E-state index contributed by atoms with van der Waals surface area (Å²) in [5.41, 5.74) is -0.535. The SMILES string of the molecule is COCc1nnc(NC(=O)[C@@]23CCC(=O)N2c2ccccc2C(=O)N3CC(C)C)s1. The minimum absolute atomic E-state index is 0.108. The predicted octanol–water partition coefficient (Wildman–Crippen LogP) is 2.26. The molecule has 1 atom stereocenters. The molecule has 158 valence electrons. The van der Waals surface area contributed by atoms with Crippen molar-refractivity contribution in [2.45, 2.75) is 39.0 Å². The van der Waals surface area contributed by atoms with Crippen LogP contribution in [0.5, 0.6) is 0 Å². The maximum atomic E-state index is 13.6. The molecule has 1 fully saturated rings. The van der Waals surface area contributed by atoms with Gasteiger partial charge in [0.25, 0.3) is 11.8 Å². The number of hydrogen-bond donors (Lipinski definition) is 1. The summed E-state index contributed by atoms with van der Waals surface area (Å²) in [4.78, 5) is 43.0. The number of aromatic nitrogens is 2. The number of methoxy groups -OCH3 is 1. The van der Waals surface area contributed by atoms with Gasteiger partial charge in [-0.2, -0.15) is 0 Å². The fraction of sp³-hybridized carbons (Fsp3) is 0.450. The van der Waals surface area contributed by atoms with Gasteiger partial charge >= 0.3 is 0 Å². The Kier molecular flexibility index (Phi) is 5.29. The van der Waals surface area contributed by atoms with Gasteiger partial charge in [-0.05, 0) is 18.1 Å². The Morgan fingerprint density at radius 2 is 2.07 bits per heavy atom. The highest BCUT2D eigenvalue weighted by atomic mass is 32.1. The highest BCUT2D eigenvalue weighted by molar-refractivity contribution is 7.15. The van der Waals surface area contributed by atoms with E-state index in [4.69, 9.17) is 4.74 Å². The van der Waals surface area contributed by atoms with Gasteiger partial charge in [0.2, 0.25) is 16.7 Å². The average Bonchev–Trinajstić information content (AvgIpc) is 3.30. The summed E-state index contributed by atoms with van der Waals surface area (Å²) in [5.74, 6) is -0.790. The van der Waals surface area contributed by atoms with Crippen LogP contribution >= 0.6 is 11.3 Å². The van der Waals surface area contributed by atoms with E-state index in [2.05, 4.69) is 15.5 Å². The molecule has 1 saturated heterocycles. The van der Waals surface area contributed by atoms with Gasteiger partial charge < -0.3 is 9.64 Å². The van der Waals surface area contributed by atoms with E-state index >= 15 is 0 Å². The summed E-state index contributed by atoms with van der Waals surface area (Å²) in [5, 5.41) is 11.7. The highest BCUT2D eigenvalue weighted by Crippen LogP contribution is 2.45. The fourth-order valence-corrected chi connectivity index (χ4v) is 4.79. The molecule has 0 radical (unpaired) electrons. The standard InChI is InChI=1S/C20H23N5O4S/c1-12(2)10-24-17(27)13-6-4-5-7-14(13)25-16(26)8-9-20(24,25)18(28)21-19-23-22-15(30-19)11-29-3/h4-7,12H,8-11H2,1-3H3,(H,21,23,28)/t20-/m1/s1. The Balaban J connectivity index is 1.79. The summed E-state index contributed by atoms with van der Waals surface area (Å²) >= 11 is 1.20. The molecule has 0 unspecified atom stereocenters. The molecule has 0 spiro atoms. The van der Waals surface area contributed by atoms with Crippen molar-refractivity contribution in [1.29, 1.82) is 0 Å².